The van der Waals surface area contributed by atoms with Crippen molar-refractivity contribution in [3.8, 4) is 0 Å². The van der Waals surface area contributed by atoms with Crippen LogP contribution < -0.4 is 5.32 Å². The predicted molar refractivity (Wildman–Crippen MR) is 93.5 cm³/mol. The van der Waals surface area contributed by atoms with Crippen LogP contribution in [0.15, 0.2) is 0 Å². The number of nitrogens with one attached hydrogen (secondary N) is 1. The van der Waals surface area contributed by atoms with Crippen LogP contribution >= 0.6 is 23.4 Å². The Bertz CT molecular complexity index is 441. The van der Waals surface area contributed by atoms with E-state index < -0.39 is 0 Å². The van der Waals surface area contributed by atoms with Gasteiger partial charge < -0.3 is 5.32 Å². The van der Waals surface area contributed by atoms with E-state index in [2.05, 4.69) is 36.0 Å². The lowest BCUT2D eigenvalue weighted by atomic mass is 10.1. The Balaban J connectivity index is 1.94. The fourth-order valence-electron chi connectivity index (χ4n) is 3.00. The van der Waals surface area contributed by atoms with Crippen molar-refractivity contribution in [3.63, 3.8) is 0 Å². The molecule has 1 aromatic heterocycles. The van der Waals surface area contributed by atoms with Gasteiger partial charge in [-0.2, -0.15) is 16.9 Å². The van der Waals surface area contributed by atoms with Gasteiger partial charge in [0.15, 0.2) is 0 Å². The second kappa shape index (κ2) is 8.44. The van der Waals surface area contributed by atoms with Crippen LogP contribution in [0.3, 0.4) is 0 Å². The Labute approximate surface area is 138 Å². The molecule has 120 valence electrons. The molecule has 1 N–H and O–H groups in total. The highest BCUT2D eigenvalue weighted by atomic mass is 35.5. The zero-order chi connectivity index (χ0) is 15.2. The molecule has 1 aromatic rings. The first-order valence-electron chi connectivity index (χ1n) is 8.14. The molecule has 0 bridgehead atoms. The summed E-state index contributed by atoms with van der Waals surface area (Å²) >= 11 is 8.53. The van der Waals surface area contributed by atoms with E-state index in [1.807, 2.05) is 7.05 Å². The number of thioether (sulfide) groups is 1. The summed E-state index contributed by atoms with van der Waals surface area (Å²) in [6, 6.07) is 0.496. The summed E-state index contributed by atoms with van der Waals surface area (Å²) in [5.41, 5.74) is 2.27. The minimum absolute atomic E-state index is 0.496. The van der Waals surface area contributed by atoms with E-state index in [1.54, 1.807) is 4.68 Å². The van der Waals surface area contributed by atoms with Crippen LogP contribution in [0.25, 0.3) is 0 Å². The van der Waals surface area contributed by atoms with E-state index in [-0.39, 0.29) is 0 Å². The van der Waals surface area contributed by atoms with Gasteiger partial charge in [-0.3, -0.25) is 4.68 Å². The lowest BCUT2D eigenvalue weighted by Crippen LogP contribution is -2.34. The van der Waals surface area contributed by atoms with Crippen molar-refractivity contribution in [2.24, 2.45) is 7.05 Å². The molecule has 1 atom stereocenters. The summed E-state index contributed by atoms with van der Waals surface area (Å²) in [6.07, 6.45) is 7.79. The quantitative estimate of drug-likeness (QED) is 0.782. The fraction of sp³-hybridized carbons (Fsp3) is 0.812. The predicted octanol–water partition coefficient (Wildman–Crippen LogP) is 3.97. The number of aromatic nitrogens is 2. The topological polar surface area (TPSA) is 29.9 Å². The van der Waals surface area contributed by atoms with Gasteiger partial charge in [0.2, 0.25) is 0 Å². The van der Waals surface area contributed by atoms with Crippen LogP contribution in [0.4, 0.5) is 0 Å². The van der Waals surface area contributed by atoms with Crippen molar-refractivity contribution >= 4 is 23.4 Å². The monoisotopic (exact) mass is 329 g/mol. The number of aryl methyl sites for hydroxylation is 2. The summed E-state index contributed by atoms with van der Waals surface area (Å²) in [4.78, 5) is 0. The minimum atomic E-state index is 0.496. The highest BCUT2D eigenvalue weighted by Crippen LogP contribution is 2.30. The number of hydrogen-bond donors (Lipinski definition) is 1. The molecule has 1 saturated carbocycles. The molecule has 1 unspecified atom stereocenters. The molecule has 0 amide bonds. The Morgan fingerprint density at radius 2 is 2.14 bits per heavy atom. The lowest BCUT2D eigenvalue weighted by Gasteiger charge is -2.20. The van der Waals surface area contributed by atoms with E-state index in [9.17, 15) is 0 Å². The van der Waals surface area contributed by atoms with Crippen molar-refractivity contribution < 1.29 is 0 Å². The van der Waals surface area contributed by atoms with Crippen molar-refractivity contribution in [2.75, 3.05) is 12.3 Å². The number of rotatable bonds is 8. The van der Waals surface area contributed by atoms with Gasteiger partial charge in [-0.1, -0.05) is 31.4 Å². The number of halogens is 1. The van der Waals surface area contributed by atoms with E-state index in [0.717, 1.165) is 29.1 Å². The number of hydrogen-bond acceptors (Lipinski definition) is 3. The van der Waals surface area contributed by atoms with Crippen molar-refractivity contribution in [2.45, 2.75) is 63.7 Å². The summed E-state index contributed by atoms with van der Waals surface area (Å²) in [5.74, 6) is 1.18. The normalized spacial score (nSPS) is 17.5. The minimum Gasteiger partial charge on any atom is -0.313 e. The third kappa shape index (κ3) is 4.90. The average Bonchev–Trinajstić information content (AvgIpc) is 3.05. The maximum atomic E-state index is 6.39. The summed E-state index contributed by atoms with van der Waals surface area (Å²) in [5, 5.41) is 9.79. The Morgan fingerprint density at radius 3 is 2.71 bits per heavy atom. The van der Waals surface area contributed by atoms with Gasteiger partial charge in [0.1, 0.15) is 5.15 Å². The van der Waals surface area contributed by atoms with E-state index in [4.69, 9.17) is 11.6 Å². The largest absolute Gasteiger partial charge is 0.313 e. The molecular formula is C16H28ClN3S. The van der Waals surface area contributed by atoms with Gasteiger partial charge in [0, 0.05) is 29.7 Å². The average molecular weight is 330 g/mol. The molecule has 5 heteroatoms. The molecule has 3 nitrogen and oxygen atoms in total. The maximum absolute atomic E-state index is 6.39. The van der Waals surface area contributed by atoms with E-state index in [1.165, 1.54) is 43.4 Å². The lowest BCUT2D eigenvalue weighted by molar-refractivity contribution is 0.548. The van der Waals surface area contributed by atoms with Crippen LogP contribution in [-0.2, 0) is 13.5 Å². The third-order valence-corrected chi connectivity index (χ3v) is 6.25. The molecule has 0 aliphatic heterocycles. The number of nitrogens with zero attached hydrogens (tertiary/aromatic N) is 2. The van der Waals surface area contributed by atoms with Gasteiger partial charge >= 0.3 is 0 Å². The molecule has 0 spiro atoms. The van der Waals surface area contributed by atoms with Crippen molar-refractivity contribution in [3.05, 3.63) is 16.4 Å². The second-order valence-electron chi connectivity index (χ2n) is 6.07. The van der Waals surface area contributed by atoms with Gasteiger partial charge in [-0.25, -0.2) is 0 Å². The van der Waals surface area contributed by atoms with E-state index in [0.29, 0.717) is 6.04 Å². The Hall–Kier alpha value is -0.190. The highest BCUT2D eigenvalue weighted by Gasteiger charge is 2.20. The molecule has 0 radical (unpaired) electrons. The molecular weight excluding hydrogens is 302 g/mol. The first-order chi connectivity index (χ1) is 10.1. The SMILES string of the molecule is CCCNC(CSC1CCCC1)Cc1c(C)nn(C)c1Cl. The van der Waals surface area contributed by atoms with Gasteiger partial charge in [0.05, 0.1) is 5.69 Å². The molecule has 1 aliphatic carbocycles. The van der Waals surface area contributed by atoms with Crippen LogP contribution in [0, 0.1) is 6.92 Å². The summed E-state index contributed by atoms with van der Waals surface area (Å²) in [6.45, 7) is 5.35. The van der Waals surface area contributed by atoms with Crippen LogP contribution in [0.5, 0.6) is 0 Å². The maximum Gasteiger partial charge on any atom is 0.130 e. The fourth-order valence-corrected chi connectivity index (χ4v) is 4.66. The molecule has 21 heavy (non-hydrogen) atoms. The summed E-state index contributed by atoms with van der Waals surface area (Å²) in [7, 11) is 1.92. The Kier molecular flexibility index (Phi) is 6.90. The molecule has 1 heterocycles. The van der Waals surface area contributed by atoms with E-state index >= 15 is 0 Å². The molecule has 0 saturated heterocycles. The molecule has 1 aliphatic rings. The first-order valence-corrected chi connectivity index (χ1v) is 9.57. The zero-order valence-electron chi connectivity index (χ0n) is 13.5. The van der Waals surface area contributed by atoms with Crippen LogP contribution in [-0.4, -0.2) is 33.4 Å². The van der Waals surface area contributed by atoms with Gasteiger partial charge in [-0.05, 0) is 39.2 Å². The molecule has 1 fully saturated rings. The third-order valence-electron chi connectivity index (χ3n) is 4.24. The second-order valence-corrected chi connectivity index (χ2v) is 7.76. The van der Waals surface area contributed by atoms with Gasteiger partial charge in [0.25, 0.3) is 0 Å². The van der Waals surface area contributed by atoms with Gasteiger partial charge in [-0.15, -0.1) is 0 Å². The van der Waals surface area contributed by atoms with Crippen LogP contribution in [0.1, 0.15) is 50.3 Å². The van der Waals surface area contributed by atoms with Crippen molar-refractivity contribution in [1.82, 2.24) is 15.1 Å². The van der Waals surface area contributed by atoms with Crippen molar-refractivity contribution in [1.29, 1.82) is 0 Å². The highest BCUT2D eigenvalue weighted by molar-refractivity contribution is 7.99. The van der Waals surface area contributed by atoms with Crippen LogP contribution in [0.2, 0.25) is 5.15 Å². The molecule has 0 aromatic carbocycles. The smallest absolute Gasteiger partial charge is 0.130 e. The molecule has 2 rings (SSSR count). The Morgan fingerprint density at radius 1 is 1.43 bits per heavy atom. The summed E-state index contributed by atoms with van der Waals surface area (Å²) < 4.78 is 1.78. The first kappa shape index (κ1) is 17.2. The zero-order valence-corrected chi connectivity index (χ0v) is 15.1. The standard InChI is InChI=1S/C16H28ClN3S/c1-4-9-18-13(11-21-14-7-5-6-8-14)10-15-12(2)19-20(3)16(15)17/h13-14,18H,4-11H2,1-3H3.